The van der Waals surface area contributed by atoms with Crippen molar-refractivity contribution in [3.8, 4) is 29.0 Å². The van der Waals surface area contributed by atoms with Crippen molar-refractivity contribution >= 4 is 60.6 Å². The zero-order valence-corrected chi connectivity index (χ0v) is 26.8. The summed E-state index contributed by atoms with van der Waals surface area (Å²) in [6, 6.07) is 8.00. The number of anilines is 3. The summed E-state index contributed by atoms with van der Waals surface area (Å²) in [6.07, 6.45) is 3.76. The van der Waals surface area contributed by atoms with Gasteiger partial charge in [0.2, 0.25) is 0 Å². The minimum Gasteiger partial charge on any atom is -0.489 e. The van der Waals surface area contributed by atoms with Crippen molar-refractivity contribution in [3.05, 3.63) is 58.2 Å². The SMILES string of the molecule is C[C@H](c1cccnc1N)N1CCOc2c(Cl)c(-c3ccc(F)c4sc(N)c(C#N)c34)c(F)c3nc(OC[C@@]45CCC4CNC5)nc1c23. The van der Waals surface area contributed by atoms with Crippen molar-refractivity contribution in [3.63, 3.8) is 0 Å². The first-order valence-electron chi connectivity index (χ1n) is 15.3. The van der Waals surface area contributed by atoms with Gasteiger partial charge in [-0.2, -0.15) is 15.2 Å². The van der Waals surface area contributed by atoms with Gasteiger partial charge in [-0.1, -0.05) is 23.7 Å². The molecule has 5 aromatic rings. The van der Waals surface area contributed by atoms with Gasteiger partial charge >= 0.3 is 6.01 Å². The molecular weight excluding hydrogens is 646 g/mol. The van der Waals surface area contributed by atoms with E-state index in [1.807, 2.05) is 24.0 Å². The van der Waals surface area contributed by atoms with Gasteiger partial charge in [-0.05, 0) is 49.9 Å². The van der Waals surface area contributed by atoms with E-state index in [2.05, 4.69) is 15.3 Å². The molecular formula is C33H29ClF2N8O2S. The number of nitriles is 1. The van der Waals surface area contributed by atoms with Gasteiger partial charge in [-0.3, -0.25) is 0 Å². The molecule has 1 aliphatic carbocycles. The predicted molar refractivity (Wildman–Crippen MR) is 178 cm³/mol. The lowest BCUT2D eigenvalue weighted by atomic mass is 9.63. The number of halogens is 3. The molecule has 2 fully saturated rings. The highest BCUT2D eigenvalue weighted by Crippen LogP contribution is 2.52. The fraction of sp³-hybridized carbons (Fsp3) is 0.333. The Hall–Kier alpha value is -4.51. The Morgan fingerprint density at radius 3 is 2.87 bits per heavy atom. The summed E-state index contributed by atoms with van der Waals surface area (Å²) in [4.78, 5) is 15.7. The lowest BCUT2D eigenvalue weighted by Crippen LogP contribution is -2.44. The largest absolute Gasteiger partial charge is 0.489 e. The number of hydrogen-bond acceptors (Lipinski definition) is 11. The van der Waals surface area contributed by atoms with E-state index >= 15 is 4.39 Å². The van der Waals surface area contributed by atoms with E-state index in [-0.39, 0.29) is 77.5 Å². The Bertz CT molecular complexity index is 2160. The lowest BCUT2D eigenvalue weighted by Gasteiger charge is -2.43. The summed E-state index contributed by atoms with van der Waals surface area (Å²) in [6.45, 7) is 4.62. The van der Waals surface area contributed by atoms with Gasteiger partial charge in [-0.15, -0.1) is 11.3 Å². The third kappa shape index (κ3) is 4.46. The number of pyridine rings is 1. The van der Waals surface area contributed by atoms with Crippen molar-refractivity contribution in [2.75, 3.05) is 49.2 Å². The quantitative estimate of drug-likeness (QED) is 0.190. The van der Waals surface area contributed by atoms with Gasteiger partial charge in [0.25, 0.3) is 0 Å². The third-order valence-electron chi connectivity index (χ3n) is 9.99. The maximum absolute atomic E-state index is 17.2. The second kappa shape index (κ2) is 11.0. The van der Waals surface area contributed by atoms with Crippen LogP contribution in [0.1, 0.15) is 36.9 Å². The Morgan fingerprint density at radius 2 is 2.13 bits per heavy atom. The molecule has 1 unspecified atom stereocenters. The normalized spacial score (nSPS) is 20.7. The summed E-state index contributed by atoms with van der Waals surface area (Å²) in [5.74, 6) is 0.0393. The van der Waals surface area contributed by atoms with Crippen LogP contribution in [-0.4, -0.2) is 47.8 Å². The van der Waals surface area contributed by atoms with E-state index in [1.54, 1.807) is 12.3 Å². The van der Waals surface area contributed by atoms with E-state index in [4.69, 9.17) is 37.5 Å². The molecule has 14 heteroatoms. The zero-order chi connectivity index (χ0) is 32.6. The van der Waals surface area contributed by atoms with Crippen LogP contribution in [0.5, 0.6) is 11.8 Å². The summed E-state index contributed by atoms with van der Waals surface area (Å²) < 4.78 is 44.8. The molecule has 1 saturated carbocycles. The number of nitrogens with zero attached hydrogens (tertiary/aromatic N) is 5. The van der Waals surface area contributed by atoms with Gasteiger partial charge in [0.15, 0.2) is 11.6 Å². The highest BCUT2D eigenvalue weighted by Gasteiger charge is 2.50. The average Bonchev–Trinajstić information content (AvgIpc) is 3.46. The molecule has 3 aliphatic rings. The van der Waals surface area contributed by atoms with Crippen molar-refractivity contribution in [1.82, 2.24) is 20.3 Å². The maximum atomic E-state index is 17.2. The number of fused-ring (bicyclic) bond motifs is 2. The van der Waals surface area contributed by atoms with Crippen molar-refractivity contribution < 1.29 is 18.3 Å². The van der Waals surface area contributed by atoms with Crippen LogP contribution < -0.4 is 31.2 Å². The molecule has 47 heavy (non-hydrogen) atoms. The summed E-state index contributed by atoms with van der Waals surface area (Å²) in [7, 11) is 0. The number of aromatic nitrogens is 3. The fourth-order valence-corrected chi connectivity index (χ4v) is 8.60. The Kier molecular flexibility index (Phi) is 7.02. The fourth-order valence-electron chi connectivity index (χ4n) is 7.32. The number of nitrogens with two attached hydrogens (primary N) is 2. The molecule has 10 nitrogen and oxygen atoms in total. The second-order valence-corrected chi connectivity index (χ2v) is 13.8. The zero-order valence-electron chi connectivity index (χ0n) is 25.2. The number of nitrogens with one attached hydrogen (secondary N) is 1. The van der Waals surface area contributed by atoms with Crippen LogP contribution in [0.25, 0.3) is 32.1 Å². The van der Waals surface area contributed by atoms with Crippen molar-refractivity contribution in [2.24, 2.45) is 11.3 Å². The number of thiophene rings is 1. The molecule has 2 aromatic carbocycles. The molecule has 0 bridgehead atoms. The van der Waals surface area contributed by atoms with E-state index in [0.717, 1.165) is 42.8 Å². The molecule has 0 spiro atoms. The number of hydrogen-bond donors (Lipinski definition) is 3. The summed E-state index contributed by atoms with van der Waals surface area (Å²) in [5, 5.41) is 13.9. The van der Waals surface area contributed by atoms with E-state index in [1.165, 1.54) is 12.1 Å². The molecule has 0 radical (unpaired) electrons. The van der Waals surface area contributed by atoms with Crippen LogP contribution in [0.2, 0.25) is 5.02 Å². The van der Waals surface area contributed by atoms with Gasteiger partial charge in [0.1, 0.15) is 40.6 Å². The molecule has 1 saturated heterocycles. The first kappa shape index (κ1) is 29.9. The maximum Gasteiger partial charge on any atom is 0.319 e. The number of rotatable bonds is 6. The lowest BCUT2D eigenvalue weighted by molar-refractivity contribution is 0.0231. The minimum absolute atomic E-state index is 0.0116. The first-order chi connectivity index (χ1) is 22.7. The number of benzene rings is 2. The average molecular weight is 675 g/mol. The molecule has 5 N–H and O–H groups in total. The molecule has 240 valence electrons. The number of nitrogen functional groups attached to an aromatic ring is 2. The highest BCUT2D eigenvalue weighted by molar-refractivity contribution is 7.23. The topological polar surface area (TPSA) is 148 Å². The predicted octanol–water partition coefficient (Wildman–Crippen LogP) is 6.21. The molecule has 5 heterocycles. The van der Waals surface area contributed by atoms with E-state index < -0.39 is 11.6 Å². The Balaban J connectivity index is 1.37. The molecule has 8 rings (SSSR count). The van der Waals surface area contributed by atoms with Crippen LogP contribution >= 0.6 is 22.9 Å². The highest BCUT2D eigenvalue weighted by atomic mass is 35.5. The smallest absolute Gasteiger partial charge is 0.319 e. The number of ether oxygens (including phenoxy) is 2. The third-order valence-corrected chi connectivity index (χ3v) is 11.4. The Morgan fingerprint density at radius 1 is 1.28 bits per heavy atom. The van der Waals surface area contributed by atoms with Crippen molar-refractivity contribution in [1.29, 1.82) is 5.26 Å². The van der Waals surface area contributed by atoms with E-state index in [0.29, 0.717) is 30.7 Å². The minimum atomic E-state index is -0.787. The van der Waals surface area contributed by atoms with Gasteiger partial charge in [0, 0.05) is 34.7 Å². The molecule has 2 aliphatic heterocycles. The molecule has 3 aromatic heterocycles. The summed E-state index contributed by atoms with van der Waals surface area (Å²) in [5.41, 5.74) is 13.2. The van der Waals surface area contributed by atoms with Crippen LogP contribution in [0.15, 0.2) is 30.5 Å². The molecule has 0 amide bonds. The standard InChI is InChI=1S/C33H29ClF2N8O2S/c1-15(17-3-2-8-41-29(17)38)44-9-10-45-27-23-26(42-32(43-31(23)44)46-14-33-7-6-16(33)12-40-13-33)25(36)22(24(27)34)18-4-5-20(35)28-21(18)19(11-37)30(39)47-28/h2-5,8,15-16,40H,6-7,9-10,12-14,39H2,1H3,(H2,38,41)/t15-,16?,33+/m1/s1. The van der Waals surface area contributed by atoms with Crippen LogP contribution in [-0.2, 0) is 0 Å². The van der Waals surface area contributed by atoms with Crippen LogP contribution in [0.4, 0.5) is 25.4 Å². The van der Waals surface area contributed by atoms with Gasteiger partial charge in [-0.25, -0.2) is 13.8 Å². The van der Waals surface area contributed by atoms with Gasteiger partial charge in [0.05, 0.1) is 39.9 Å². The monoisotopic (exact) mass is 674 g/mol. The van der Waals surface area contributed by atoms with Gasteiger partial charge < -0.3 is 31.2 Å². The van der Waals surface area contributed by atoms with E-state index in [9.17, 15) is 9.65 Å². The second-order valence-electron chi connectivity index (χ2n) is 12.4. The van der Waals surface area contributed by atoms with Crippen molar-refractivity contribution in [2.45, 2.75) is 25.8 Å². The van der Waals surface area contributed by atoms with Crippen LogP contribution in [0, 0.1) is 34.3 Å². The molecule has 3 atom stereocenters. The summed E-state index contributed by atoms with van der Waals surface area (Å²) >= 11 is 7.96. The Labute approximate surface area is 277 Å². The first-order valence-corrected chi connectivity index (χ1v) is 16.5. The van der Waals surface area contributed by atoms with Crippen LogP contribution in [0.3, 0.4) is 0 Å².